The van der Waals surface area contributed by atoms with Crippen molar-refractivity contribution >= 4 is 17.5 Å². The molecule has 110 valence electrons. The lowest BCUT2D eigenvalue weighted by molar-refractivity contribution is 0.185. The van der Waals surface area contributed by atoms with E-state index in [4.69, 9.17) is 5.73 Å². The summed E-state index contributed by atoms with van der Waals surface area (Å²) in [5.41, 5.74) is 6.10. The summed E-state index contributed by atoms with van der Waals surface area (Å²) in [7, 11) is 0. The molecule has 0 aromatic carbocycles. The summed E-state index contributed by atoms with van der Waals surface area (Å²) in [6, 6.07) is 3.77. The molecule has 0 aliphatic carbocycles. The highest BCUT2D eigenvalue weighted by Gasteiger charge is 2.24. The first-order valence-corrected chi connectivity index (χ1v) is 6.89. The van der Waals surface area contributed by atoms with Gasteiger partial charge in [-0.2, -0.15) is 0 Å². The highest BCUT2D eigenvalue weighted by Crippen LogP contribution is 2.15. The standard InChI is InChI=1S/C14H23N5O/c1-14(2,3)17-13(20)19-8-6-18(7-9-19)12-5-4-11(15)10-16-12/h4-5,10H,6-9,15H2,1-3H3,(H,17,20). The fourth-order valence-corrected chi connectivity index (χ4v) is 2.12. The predicted molar refractivity (Wildman–Crippen MR) is 80.7 cm³/mol. The minimum absolute atomic E-state index is 0.00224. The number of amides is 2. The molecule has 0 saturated carbocycles. The van der Waals surface area contributed by atoms with Gasteiger partial charge in [0.15, 0.2) is 0 Å². The maximum Gasteiger partial charge on any atom is 0.317 e. The first-order valence-electron chi connectivity index (χ1n) is 6.89. The fourth-order valence-electron chi connectivity index (χ4n) is 2.12. The molecule has 0 atom stereocenters. The molecule has 6 heteroatoms. The topological polar surface area (TPSA) is 74.5 Å². The van der Waals surface area contributed by atoms with E-state index in [1.807, 2.05) is 37.8 Å². The average Bonchev–Trinajstić information content (AvgIpc) is 2.38. The molecule has 1 aliphatic heterocycles. The zero-order chi connectivity index (χ0) is 14.8. The van der Waals surface area contributed by atoms with E-state index >= 15 is 0 Å². The molecular formula is C14H23N5O. The van der Waals surface area contributed by atoms with Crippen molar-refractivity contribution in [2.75, 3.05) is 36.8 Å². The SMILES string of the molecule is CC(C)(C)NC(=O)N1CCN(c2ccc(N)cn2)CC1. The Labute approximate surface area is 120 Å². The number of piperazine rings is 1. The quantitative estimate of drug-likeness (QED) is 0.811. The Bertz CT molecular complexity index is 457. The number of urea groups is 1. The van der Waals surface area contributed by atoms with Crippen LogP contribution in [0.3, 0.4) is 0 Å². The van der Waals surface area contributed by atoms with E-state index in [1.54, 1.807) is 6.20 Å². The van der Waals surface area contributed by atoms with Crippen LogP contribution < -0.4 is 16.0 Å². The Kier molecular flexibility index (Phi) is 4.01. The van der Waals surface area contributed by atoms with Crippen LogP contribution in [0.1, 0.15) is 20.8 Å². The lowest BCUT2D eigenvalue weighted by Crippen LogP contribution is -2.55. The van der Waals surface area contributed by atoms with Gasteiger partial charge in [0.05, 0.1) is 11.9 Å². The molecule has 6 nitrogen and oxygen atoms in total. The number of nitrogens with one attached hydrogen (secondary N) is 1. The summed E-state index contributed by atoms with van der Waals surface area (Å²) in [4.78, 5) is 20.4. The Morgan fingerprint density at radius 1 is 1.25 bits per heavy atom. The largest absolute Gasteiger partial charge is 0.397 e. The summed E-state index contributed by atoms with van der Waals surface area (Å²) in [5, 5.41) is 2.99. The lowest BCUT2D eigenvalue weighted by Gasteiger charge is -2.36. The van der Waals surface area contributed by atoms with Gasteiger partial charge in [-0.1, -0.05) is 0 Å². The van der Waals surface area contributed by atoms with Gasteiger partial charge >= 0.3 is 6.03 Å². The van der Waals surface area contributed by atoms with Crippen molar-refractivity contribution in [2.24, 2.45) is 0 Å². The summed E-state index contributed by atoms with van der Waals surface area (Å²) in [5.74, 6) is 0.912. The van der Waals surface area contributed by atoms with Crippen molar-refractivity contribution in [1.82, 2.24) is 15.2 Å². The first-order chi connectivity index (χ1) is 9.35. The van der Waals surface area contributed by atoms with Crippen LogP contribution in [0.25, 0.3) is 0 Å². The number of carbonyl (C=O) groups excluding carboxylic acids is 1. The second kappa shape index (κ2) is 5.56. The molecule has 2 amide bonds. The molecule has 0 unspecified atom stereocenters. The third-order valence-electron chi connectivity index (χ3n) is 3.14. The van der Waals surface area contributed by atoms with Gasteiger partial charge in [-0.15, -0.1) is 0 Å². The van der Waals surface area contributed by atoms with Gasteiger partial charge in [-0.3, -0.25) is 0 Å². The highest BCUT2D eigenvalue weighted by atomic mass is 16.2. The Hall–Kier alpha value is -1.98. The van der Waals surface area contributed by atoms with Gasteiger partial charge in [0.2, 0.25) is 0 Å². The normalized spacial score (nSPS) is 16.1. The van der Waals surface area contributed by atoms with E-state index in [-0.39, 0.29) is 11.6 Å². The third-order valence-corrected chi connectivity index (χ3v) is 3.14. The lowest BCUT2D eigenvalue weighted by atomic mass is 10.1. The molecular weight excluding hydrogens is 254 g/mol. The van der Waals surface area contributed by atoms with E-state index < -0.39 is 0 Å². The van der Waals surface area contributed by atoms with Crippen LogP contribution in [-0.4, -0.2) is 47.6 Å². The van der Waals surface area contributed by atoms with Gasteiger partial charge < -0.3 is 20.9 Å². The van der Waals surface area contributed by atoms with E-state index in [0.29, 0.717) is 18.8 Å². The summed E-state index contributed by atoms with van der Waals surface area (Å²) in [6.45, 7) is 8.93. The van der Waals surface area contributed by atoms with Crippen molar-refractivity contribution in [2.45, 2.75) is 26.3 Å². The number of hydrogen-bond donors (Lipinski definition) is 2. The van der Waals surface area contributed by atoms with Crippen molar-refractivity contribution in [1.29, 1.82) is 0 Å². The van der Waals surface area contributed by atoms with Crippen LogP contribution in [0.15, 0.2) is 18.3 Å². The molecule has 20 heavy (non-hydrogen) atoms. The van der Waals surface area contributed by atoms with Crippen LogP contribution >= 0.6 is 0 Å². The second-order valence-corrected chi connectivity index (χ2v) is 6.10. The number of carbonyl (C=O) groups is 1. The molecule has 1 fully saturated rings. The monoisotopic (exact) mass is 277 g/mol. The van der Waals surface area contributed by atoms with E-state index in [2.05, 4.69) is 15.2 Å². The molecule has 2 heterocycles. The van der Waals surface area contributed by atoms with Gasteiger partial charge in [0.25, 0.3) is 0 Å². The molecule has 2 rings (SSSR count). The molecule has 0 bridgehead atoms. The average molecular weight is 277 g/mol. The summed E-state index contributed by atoms with van der Waals surface area (Å²) < 4.78 is 0. The predicted octanol–water partition coefficient (Wildman–Crippen LogP) is 1.29. The molecule has 1 aromatic rings. The summed E-state index contributed by atoms with van der Waals surface area (Å²) in [6.07, 6.45) is 1.66. The van der Waals surface area contributed by atoms with Crippen molar-refractivity contribution in [3.63, 3.8) is 0 Å². The molecule has 1 aromatic heterocycles. The summed E-state index contributed by atoms with van der Waals surface area (Å²) >= 11 is 0. The minimum Gasteiger partial charge on any atom is -0.397 e. The maximum absolute atomic E-state index is 12.1. The van der Waals surface area contributed by atoms with Crippen molar-refractivity contribution in [3.8, 4) is 0 Å². The molecule has 3 N–H and O–H groups in total. The number of anilines is 2. The molecule has 0 radical (unpaired) electrons. The maximum atomic E-state index is 12.1. The van der Waals surface area contributed by atoms with E-state index in [0.717, 1.165) is 18.9 Å². The second-order valence-electron chi connectivity index (χ2n) is 6.10. The zero-order valence-corrected chi connectivity index (χ0v) is 12.4. The third kappa shape index (κ3) is 3.76. The van der Waals surface area contributed by atoms with Crippen LogP contribution in [0, 0.1) is 0 Å². The van der Waals surface area contributed by atoms with E-state index in [1.165, 1.54) is 0 Å². The van der Waals surface area contributed by atoms with Crippen LogP contribution in [0.5, 0.6) is 0 Å². The molecule has 1 aliphatic rings. The number of nitrogen functional groups attached to an aromatic ring is 1. The van der Waals surface area contributed by atoms with Crippen molar-refractivity contribution in [3.05, 3.63) is 18.3 Å². The number of pyridine rings is 1. The number of hydrogen-bond acceptors (Lipinski definition) is 4. The number of aromatic nitrogens is 1. The van der Waals surface area contributed by atoms with Crippen LogP contribution in [-0.2, 0) is 0 Å². The van der Waals surface area contributed by atoms with E-state index in [9.17, 15) is 4.79 Å². The first kappa shape index (κ1) is 14.4. The van der Waals surface area contributed by atoms with Gasteiger partial charge in [-0.05, 0) is 32.9 Å². The Balaban J connectivity index is 1.89. The number of nitrogens with two attached hydrogens (primary N) is 1. The smallest absolute Gasteiger partial charge is 0.317 e. The Morgan fingerprint density at radius 3 is 2.40 bits per heavy atom. The number of nitrogens with zero attached hydrogens (tertiary/aromatic N) is 3. The van der Waals surface area contributed by atoms with Crippen molar-refractivity contribution < 1.29 is 4.79 Å². The van der Waals surface area contributed by atoms with Gasteiger partial charge in [0, 0.05) is 31.7 Å². The zero-order valence-electron chi connectivity index (χ0n) is 12.4. The highest BCUT2D eigenvalue weighted by molar-refractivity contribution is 5.75. The van der Waals surface area contributed by atoms with Crippen LogP contribution in [0.4, 0.5) is 16.3 Å². The minimum atomic E-state index is -0.202. The Morgan fingerprint density at radius 2 is 1.90 bits per heavy atom. The number of rotatable bonds is 1. The van der Waals surface area contributed by atoms with Crippen LogP contribution in [0.2, 0.25) is 0 Å². The van der Waals surface area contributed by atoms with Gasteiger partial charge in [-0.25, -0.2) is 9.78 Å². The molecule has 1 saturated heterocycles. The van der Waals surface area contributed by atoms with Gasteiger partial charge in [0.1, 0.15) is 5.82 Å². The molecule has 0 spiro atoms. The fraction of sp³-hybridized carbons (Fsp3) is 0.571.